The lowest BCUT2D eigenvalue weighted by Crippen LogP contribution is -2.47. The van der Waals surface area contributed by atoms with Crippen molar-refractivity contribution in [1.82, 2.24) is 29.2 Å². The second-order valence-electron chi connectivity index (χ2n) is 6.69. The van der Waals surface area contributed by atoms with E-state index in [1.807, 2.05) is 34.4 Å². The summed E-state index contributed by atoms with van der Waals surface area (Å²) < 4.78 is 10.0. The largest absolute Gasteiger partial charge is 0.469 e. The molecule has 0 saturated carbocycles. The van der Waals surface area contributed by atoms with E-state index in [0.29, 0.717) is 18.0 Å². The predicted octanol–water partition coefficient (Wildman–Crippen LogP) is 2.74. The molecule has 0 atom stereocenters. The van der Waals surface area contributed by atoms with Gasteiger partial charge in [-0.1, -0.05) is 6.08 Å². The normalized spacial score (nSPS) is 15.1. The Kier molecular flexibility index (Phi) is 5.36. The van der Waals surface area contributed by atoms with Crippen LogP contribution in [-0.4, -0.2) is 55.4 Å². The number of allylic oxidation sites excluding steroid dienone is 1. The quantitative estimate of drug-likeness (QED) is 0.468. The highest BCUT2D eigenvalue weighted by Crippen LogP contribution is 2.23. The third-order valence-corrected chi connectivity index (χ3v) is 5.31. The summed E-state index contributed by atoms with van der Waals surface area (Å²) in [5.41, 5.74) is 0.956. The number of hydrogen-bond donors (Lipinski definition) is 0. The Labute approximate surface area is 168 Å². The maximum Gasteiger partial charge on any atom is 0.225 e. The standard InChI is InChI=1S/C19H23N7OS/c1-3-8-25-17(16-5-13-27-15(16)2)22-26(19(25)28)14-23-9-11-24(12-10-23)18-20-6-4-7-21-18/h3-7,13H,1,8-12,14H2,2H3. The third-order valence-electron chi connectivity index (χ3n) is 4.88. The lowest BCUT2D eigenvalue weighted by molar-refractivity contribution is 0.193. The number of hydrogen-bond acceptors (Lipinski definition) is 7. The van der Waals surface area contributed by atoms with Crippen molar-refractivity contribution in [2.24, 2.45) is 0 Å². The summed E-state index contributed by atoms with van der Waals surface area (Å²) >= 11 is 5.69. The molecule has 4 rings (SSSR count). The molecule has 3 aromatic rings. The summed E-state index contributed by atoms with van der Waals surface area (Å²) in [6.45, 7) is 10.6. The molecule has 28 heavy (non-hydrogen) atoms. The molecule has 1 fully saturated rings. The zero-order chi connectivity index (χ0) is 19.5. The summed E-state index contributed by atoms with van der Waals surface area (Å²) in [5, 5.41) is 4.79. The van der Waals surface area contributed by atoms with Crippen molar-refractivity contribution in [2.75, 3.05) is 31.1 Å². The van der Waals surface area contributed by atoms with Crippen molar-refractivity contribution >= 4 is 18.2 Å². The molecule has 1 aliphatic heterocycles. The Morgan fingerprint density at radius 3 is 2.61 bits per heavy atom. The van der Waals surface area contributed by atoms with E-state index < -0.39 is 0 Å². The topological polar surface area (TPSA) is 68.2 Å². The highest BCUT2D eigenvalue weighted by atomic mass is 32.1. The second-order valence-corrected chi connectivity index (χ2v) is 7.06. The van der Waals surface area contributed by atoms with Gasteiger partial charge in [0, 0.05) is 45.1 Å². The summed E-state index contributed by atoms with van der Waals surface area (Å²) in [6.07, 6.45) is 7.06. The van der Waals surface area contributed by atoms with E-state index in [-0.39, 0.29) is 0 Å². The van der Waals surface area contributed by atoms with Gasteiger partial charge in [-0.05, 0) is 31.3 Å². The van der Waals surface area contributed by atoms with Gasteiger partial charge >= 0.3 is 0 Å². The molecule has 1 aliphatic rings. The predicted molar refractivity (Wildman–Crippen MR) is 110 cm³/mol. The number of aromatic nitrogens is 5. The maximum atomic E-state index is 5.69. The van der Waals surface area contributed by atoms with Crippen LogP contribution in [0.25, 0.3) is 11.4 Å². The number of furan rings is 1. The zero-order valence-electron chi connectivity index (χ0n) is 15.9. The zero-order valence-corrected chi connectivity index (χ0v) is 16.7. The van der Waals surface area contributed by atoms with E-state index in [1.165, 1.54) is 0 Å². The van der Waals surface area contributed by atoms with Crippen LogP contribution in [0, 0.1) is 11.7 Å². The minimum Gasteiger partial charge on any atom is -0.469 e. The van der Waals surface area contributed by atoms with E-state index in [0.717, 1.165) is 49.3 Å². The fraction of sp³-hybridized carbons (Fsp3) is 0.368. The number of nitrogens with zero attached hydrogens (tertiary/aromatic N) is 7. The van der Waals surface area contributed by atoms with Crippen LogP contribution in [0.4, 0.5) is 5.95 Å². The van der Waals surface area contributed by atoms with E-state index in [9.17, 15) is 0 Å². The number of aryl methyl sites for hydroxylation is 1. The van der Waals surface area contributed by atoms with Gasteiger partial charge in [0.1, 0.15) is 5.76 Å². The number of rotatable bonds is 6. The van der Waals surface area contributed by atoms with Gasteiger partial charge in [0.2, 0.25) is 5.95 Å². The van der Waals surface area contributed by atoms with Crippen LogP contribution in [0.2, 0.25) is 0 Å². The molecule has 0 spiro atoms. The maximum absolute atomic E-state index is 5.69. The molecule has 0 bridgehead atoms. The molecule has 0 aliphatic carbocycles. The van der Waals surface area contributed by atoms with Gasteiger partial charge in [0.25, 0.3) is 0 Å². The average molecular weight is 398 g/mol. The molecular weight excluding hydrogens is 374 g/mol. The Hall–Kier alpha value is -2.78. The first-order valence-electron chi connectivity index (χ1n) is 9.24. The van der Waals surface area contributed by atoms with Crippen LogP contribution >= 0.6 is 12.2 Å². The molecule has 1 saturated heterocycles. The van der Waals surface area contributed by atoms with Crippen LogP contribution < -0.4 is 4.90 Å². The Balaban J connectivity index is 1.51. The van der Waals surface area contributed by atoms with Gasteiger partial charge in [-0.2, -0.15) is 5.10 Å². The third kappa shape index (κ3) is 3.63. The van der Waals surface area contributed by atoms with E-state index in [2.05, 4.69) is 26.3 Å². The number of anilines is 1. The molecule has 0 N–H and O–H groups in total. The lowest BCUT2D eigenvalue weighted by Gasteiger charge is -2.34. The van der Waals surface area contributed by atoms with Crippen molar-refractivity contribution in [3.8, 4) is 11.4 Å². The molecule has 0 unspecified atom stereocenters. The second kappa shape index (κ2) is 8.07. The molecule has 9 heteroatoms. The molecule has 3 aromatic heterocycles. The van der Waals surface area contributed by atoms with Crippen LogP contribution in [-0.2, 0) is 13.2 Å². The van der Waals surface area contributed by atoms with E-state index in [4.69, 9.17) is 21.7 Å². The SMILES string of the molecule is C=CCn1c(-c2ccoc2C)nn(CN2CCN(c3ncccn3)CC2)c1=S. The summed E-state index contributed by atoms with van der Waals surface area (Å²) in [4.78, 5) is 13.2. The van der Waals surface area contributed by atoms with Gasteiger partial charge in [-0.3, -0.25) is 9.47 Å². The van der Waals surface area contributed by atoms with Gasteiger partial charge in [-0.15, -0.1) is 6.58 Å². The Bertz CT molecular complexity index is 999. The van der Waals surface area contributed by atoms with Crippen LogP contribution in [0.5, 0.6) is 0 Å². The van der Waals surface area contributed by atoms with Gasteiger partial charge < -0.3 is 9.32 Å². The minimum atomic E-state index is 0.609. The first-order valence-corrected chi connectivity index (χ1v) is 9.65. The van der Waals surface area contributed by atoms with Crippen molar-refractivity contribution < 1.29 is 4.42 Å². The van der Waals surface area contributed by atoms with Crippen molar-refractivity contribution in [3.05, 3.63) is 54.0 Å². The molecule has 8 nitrogen and oxygen atoms in total. The molecule has 0 amide bonds. The fourth-order valence-corrected chi connectivity index (χ4v) is 3.64. The number of piperazine rings is 1. The van der Waals surface area contributed by atoms with Crippen molar-refractivity contribution in [3.63, 3.8) is 0 Å². The van der Waals surface area contributed by atoms with E-state index in [1.54, 1.807) is 18.7 Å². The molecule has 4 heterocycles. The average Bonchev–Trinajstić information content (AvgIpc) is 3.28. The van der Waals surface area contributed by atoms with Gasteiger partial charge in [-0.25, -0.2) is 14.6 Å². The van der Waals surface area contributed by atoms with Crippen LogP contribution in [0.15, 0.2) is 47.9 Å². The highest BCUT2D eigenvalue weighted by molar-refractivity contribution is 7.71. The lowest BCUT2D eigenvalue weighted by atomic mass is 10.2. The Morgan fingerprint density at radius 1 is 1.21 bits per heavy atom. The molecule has 0 aromatic carbocycles. The summed E-state index contributed by atoms with van der Waals surface area (Å²) in [7, 11) is 0. The van der Waals surface area contributed by atoms with Gasteiger partial charge in [0.15, 0.2) is 10.6 Å². The summed E-state index contributed by atoms with van der Waals surface area (Å²) in [5.74, 6) is 2.42. The van der Waals surface area contributed by atoms with Crippen LogP contribution in [0.1, 0.15) is 5.76 Å². The first kappa shape index (κ1) is 18.6. The smallest absolute Gasteiger partial charge is 0.225 e. The monoisotopic (exact) mass is 397 g/mol. The highest BCUT2D eigenvalue weighted by Gasteiger charge is 2.21. The molecular formula is C19H23N7OS. The summed E-state index contributed by atoms with van der Waals surface area (Å²) in [6, 6.07) is 3.76. The van der Waals surface area contributed by atoms with Crippen LogP contribution in [0.3, 0.4) is 0 Å². The Morgan fingerprint density at radius 2 is 1.96 bits per heavy atom. The van der Waals surface area contributed by atoms with Crippen molar-refractivity contribution in [2.45, 2.75) is 20.1 Å². The molecule has 0 radical (unpaired) electrons. The minimum absolute atomic E-state index is 0.609. The van der Waals surface area contributed by atoms with E-state index >= 15 is 0 Å². The van der Waals surface area contributed by atoms with Gasteiger partial charge in [0.05, 0.1) is 18.5 Å². The molecule has 146 valence electrons. The fourth-order valence-electron chi connectivity index (χ4n) is 3.38. The van der Waals surface area contributed by atoms with Crippen molar-refractivity contribution in [1.29, 1.82) is 0 Å². The first-order chi connectivity index (χ1) is 13.7.